The Morgan fingerprint density at radius 1 is 1.26 bits per heavy atom. The Kier molecular flexibility index (Phi) is 4.09. The molecule has 0 atom stereocenters. The van der Waals surface area contributed by atoms with Crippen molar-refractivity contribution in [3.8, 4) is 6.07 Å². The molecule has 0 bridgehead atoms. The number of fused-ring (bicyclic) bond motifs is 1. The molecule has 23 heavy (non-hydrogen) atoms. The number of nitrogens with zero attached hydrogens (tertiary/aromatic N) is 1. The molecule has 112 valence electrons. The van der Waals surface area contributed by atoms with Gasteiger partial charge in [0.2, 0.25) is 5.78 Å². The third kappa shape index (κ3) is 2.94. The molecule has 0 aliphatic heterocycles. The Hall–Kier alpha value is -2.71. The van der Waals surface area contributed by atoms with Gasteiger partial charge in [-0.2, -0.15) is 5.26 Å². The summed E-state index contributed by atoms with van der Waals surface area (Å²) in [5.41, 5.74) is 1.84. The summed E-state index contributed by atoms with van der Waals surface area (Å²) < 4.78 is 13.6. The Morgan fingerprint density at radius 2 is 2.04 bits per heavy atom. The topological polar surface area (TPSA) is 56.6 Å². The molecule has 2 aromatic carbocycles. The highest BCUT2D eigenvalue weighted by atomic mass is 79.9. The molecule has 3 nitrogen and oxygen atoms in total. The summed E-state index contributed by atoms with van der Waals surface area (Å²) in [6, 6.07) is 13.6. The first-order valence-corrected chi connectivity index (χ1v) is 7.57. The van der Waals surface area contributed by atoms with E-state index in [1.54, 1.807) is 6.20 Å². The van der Waals surface area contributed by atoms with Gasteiger partial charge in [0.25, 0.3) is 0 Å². The third-order valence-electron chi connectivity index (χ3n) is 3.45. The largest absolute Gasteiger partial charge is 0.360 e. The molecule has 0 spiro atoms. The van der Waals surface area contributed by atoms with Crippen molar-refractivity contribution in [2.75, 3.05) is 0 Å². The van der Waals surface area contributed by atoms with Crippen molar-refractivity contribution in [3.05, 3.63) is 75.7 Å². The van der Waals surface area contributed by atoms with Gasteiger partial charge in [-0.05, 0) is 45.8 Å². The van der Waals surface area contributed by atoms with E-state index in [9.17, 15) is 14.4 Å². The predicted octanol–water partition coefficient (Wildman–Crippen LogP) is 4.86. The van der Waals surface area contributed by atoms with Gasteiger partial charge in [-0.25, -0.2) is 4.39 Å². The van der Waals surface area contributed by atoms with E-state index in [2.05, 4.69) is 20.9 Å². The first-order chi connectivity index (χ1) is 11.1. The lowest BCUT2D eigenvalue weighted by atomic mass is 10.0. The van der Waals surface area contributed by atoms with Crippen LogP contribution in [0.4, 0.5) is 4.39 Å². The second-order valence-electron chi connectivity index (χ2n) is 4.92. The summed E-state index contributed by atoms with van der Waals surface area (Å²) in [5, 5.41) is 10.1. The maximum atomic E-state index is 13.3. The Labute approximate surface area is 140 Å². The van der Waals surface area contributed by atoms with Crippen molar-refractivity contribution in [1.29, 1.82) is 5.26 Å². The SMILES string of the molecule is N#C/C(=C\c1ccc(F)c(Br)c1)C(=O)c1c[nH]c2ccccc12. The number of hydrogen-bond donors (Lipinski definition) is 1. The lowest BCUT2D eigenvalue weighted by molar-refractivity contribution is 0.104. The van der Waals surface area contributed by atoms with Crippen molar-refractivity contribution in [2.24, 2.45) is 0 Å². The molecule has 0 unspecified atom stereocenters. The number of allylic oxidation sites excluding steroid dienone is 1. The van der Waals surface area contributed by atoms with E-state index in [1.165, 1.54) is 24.3 Å². The molecule has 0 radical (unpaired) electrons. The average molecular weight is 369 g/mol. The van der Waals surface area contributed by atoms with Crippen LogP contribution >= 0.6 is 15.9 Å². The molecule has 1 N–H and O–H groups in total. The second kappa shape index (κ2) is 6.19. The molecular weight excluding hydrogens is 359 g/mol. The maximum Gasteiger partial charge on any atom is 0.205 e. The number of Topliss-reactive ketones (excluding diaryl/α,β-unsaturated/α-hetero) is 1. The minimum Gasteiger partial charge on any atom is -0.360 e. The van der Waals surface area contributed by atoms with Gasteiger partial charge in [0.05, 0.1) is 4.47 Å². The van der Waals surface area contributed by atoms with Crippen LogP contribution in [-0.2, 0) is 0 Å². The number of ketones is 1. The number of para-hydroxylation sites is 1. The highest BCUT2D eigenvalue weighted by molar-refractivity contribution is 9.10. The molecule has 1 heterocycles. The fourth-order valence-corrected chi connectivity index (χ4v) is 2.72. The number of aromatic nitrogens is 1. The minimum absolute atomic E-state index is 0.00624. The predicted molar refractivity (Wildman–Crippen MR) is 90.3 cm³/mol. The standard InChI is InChI=1S/C18H10BrFN2O/c19-15-8-11(5-6-16(15)20)7-12(9-21)18(23)14-10-22-17-4-2-1-3-13(14)17/h1-8,10,22H/b12-7+. The molecule has 0 saturated carbocycles. The van der Waals surface area contributed by atoms with Crippen molar-refractivity contribution in [2.45, 2.75) is 0 Å². The van der Waals surface area contributed by atoms with Gasteiger partial charge in [0.15, 0.2) is 0 Å². The average Bonchev–Trinajstić information content (AvgIpc) is 2.99. The van der Waals surface area contributed by atoms with Gasteiger partial charge in [-0.1, -0.05) is 24.3 Å². The summed E-state index contributed by atoms with van der Waals surface area (Å²) in [5.74, 6) is -0.769. The van der Waals surface area contributed by atoms with Crippen LogP contribution in [0.25, 0.3) is 17.0 Å². The summed E-state index contributed by atoms with van der Waals surface area (Å²) in [6.45, 7) is 0. The highest BCUT2D eigenvalue weighted by Gasteiger charge is 2.16. The van der Waals surface area contributed by atoms with Crippen molar-refractivity contribution < 1.29 is 9.18 Å². The number of aromatic amines is 1. The van der Waals surface area contributed by atoms with Gasteiger partial charge in [-0.3, -0.25) is 4.79 Å². The zero-order valence-electron chi connectivity index (χ0n) is 11.8. The molecular formula is C18H10BrFN2O. The summed E-state index contributed by atoms with van der Waals surface area (Å²) >= 11 is 3.09. The van der Waals surface area contributed by atoms with E-state index < -0.39 is 5.82 Å². The van der Waals surface area contributed by atoms with E-state index in [1.807, 2.05) is 30.3 Å². The van der Waals surface area contributed by atoms with Crippen LogP contribution in [0.1, 0.15) is 15.9 Å². The van der Waals surface area contributed by atoms with Crippen LogP contribution in [0.2, 0.25) is 0 Å². The van der Waals surface area contributed by atoms with Gasteiger partial charge >= 0.3 is 0 Å². The second-order valence-corrected chi connectivity index (χ2v) is 5.77. The molecule has 0 aliphatic carbocycles. The first-order valence-electron chi connectivity index (χ1n) is 6.78. The molecule has 5 heteroatoms. The molecule has 3 aromatic rings. The molecule has 0 amide bonds. The van der Waals surface area contributed by atoms with Gasteiger partial charge in [-0.15, -0.1) is 0 Å². The number of carbonyl (C=O) groups excluding carboxylic acids is 1. The molecule has 0 saturated heterocycles. The van der Waals surface area contributed by atoms with E-state index in [0.717, 1.165) is 10.9 Å². The van der Waals surface area contributed by atoms with E-state index >= 15 is 0 Å². The number of benzene rings is 2. The Balaban J connectivity index is 2.03. The van der Waals surface area contributed by atoms with Gasteiger partial charge < -0.3 is 4.98 Å². The third-order valence-corrected chi connectivity index (χ3v) is 4.06. The minimum atomic E-state index is -0.399. The van der Waals surface area contributed by atoms with Crippen LogP contribution in [0.3, 0.4) is 0 Å². The number of nitrogens with one attached hydrogen (secondary N) is 1. The van der Waals surface area contributed by atoms with Crippen LogP contribution in [-0.4, -0.2) is 10.8 Å². The number of H-pyrrole nitrogens is 1. The van der Waals surface area contributed by atoms with Crippen LogP contribution in [0.15, 0.2) is 58.7 Å². The quantitative estimate of drug-likeness (QED) is 0.407. The Bertz CT molecular complexity index is 982. The van der Waals surface area contributed by atoms with Crippen LogP contribution in [0, 0.1) is 17.1 Å². The normalized spacial score (nSPS) is 11.4. The molecule has 1 aromatic heterocycles. The fraction of sp³-hybridized carbons (Fsp3) is 0. The molecule has 0 aliphatic rings. The van der Waals surface area contributed by atoms with E-state index in [-0.39, 0.29) is 15.8 Å². The van der Waals surface area contributed by atoms with Crippen LogP contribution in [0.5, 0.6) is 0 Å². The van der Waals surface area contributed by atoms with E-state index in [4.69, 9.17) is 0 Å². The lowest BCUT2D eigenvalue weighted by Gasteiger charge is -2.00. The van der Waals surface area contributed by atoms with Gasteiger partial charge in [0.1, 0.15) is 17.5 Å². The van der Waals surface area contributed by atoms with Gasteiger partial charge in [0, 0.05) is 22.7 Å². The summed E-state index contributed by atoms with van der Waals surface area (Å²) in [4.78, 5) is 15.6. The number of nitriles is 1. The smallest absolute Gasteiger partial charge is 0.205 e. The van der Waals surface area contributed by atoms with Crippen molar-refractivity contribution >= 4 is 38.7 Å². The molecule has 0 fully saturated rings. The van der Waals surface area contributed by atoms with Crippen LogP contribution < -0.4 is 0 Å². The Morgan fingerprint density at radius 3 is 2.78 bits per heavy atom. The monoisotopic (exact) mass is 368 g/mol. The fourth-order valence-electron chi connectivity index (χ4n) is 2.32. The number of rotatable bonds is 3. The lowest BCUT2D eigenvalue weighted by Crippen LogP contribution is -2.01. The number of hydrogen-bond acceptors (Lipinski definition) is 2. The summed E-state index contributed by atoms with van der Waals surface area (Å²) in [7, 11) is 0. The van der Waals surface area contributed by atoms with E-state index in [0.29, 0.717) is 11.1 Å². The zero-order chi connectivity index (χ0) is 16.4. The van der Waals surface area contributed by atoms with Crippen molar-refractivity contribution in [3.63, 3.8) is 0 Å². The molecule has 3 rings (SSSR count). The maximum absolute atomic E-state index is 13.3. The number of halogens is 2. The first kappa shape index (κ1) is 15.2. The summed E-state index contributed by atoms with van der Waals surface area (Å²) in [6.07, 6.45) is 3.05. The van der Waals surface area contributed by atoms with Crippen molar-refractivity contribution in [1.82, 2.24) is 4.98 Å². The highest BCUT2D eigenvalue weighted by Crippen LogP contribution is 2.23. The zero-order valence-corrected chi connectivity index (χ0v) is 13.4. The number of carbonyl (C=O) groups is 1.